The molecule has 5 nitrogen and oxygen atoms in total. The van der Waals surface area contributed by atoms with Crippen LogP contribution in [0, 0.1) is 0 Å². The van der Waals surface area contributed by atoms with E-state index in [1.54, 1.807) is 24.3 Å². The number of methoxy groups -OCH3 is 1. The molecule has 0 aliphatic rings. The molecule has 144 valence electrons. The van der Waals surface area contributed by atoms with E-state index in [-0.39, 0.29) is 24.6 Å². The van der Waals surface area contributed by atoms with Gasteiger partial charge in [0, 0.05) is 37.3 Å². The number of anilines is 1. The van der Waals surface area contributed by atoms with Crippen molar-refractivity contribution in [2.75, 3.05) is 25.1 Å². The van der Waals surface area contributed by atoms with E-state index >= 15 is 0 Å². The highest BCUT2D eigenvalue weighted by Crippen LogP contribution is 2.29. The molecular formula is C19H19F3N2O3. The summed E-state index contributed by atoms with van der Waals surface area (Å²) in [7, 11) is 1.52. The van der Waals surface area contributed by atoms with Crippen molar-refractivity contribution in [1.29, 1.82) is 0 Å². The van der Waals surface area contributed by atoms with Crippen molar-refractivity contribution < 1.29 is 27.5 Å². The number of hydrogen-bond acceptors (Lipinski definition) is 3. The average Bonchev–Trinajstić information content (AvgIpc) is 2.64. The minimum absolute atomic E-state index is 0.110. The fourth-order valence-electron chi connectivity index (χ4n) is 2.44. The third kappa shape index (κ3) is 5.47. The van der Waals surface area contributed by atoms with Crippen LogP contribution in [0.3, 0.4) is 0 Å². The topological polar surface area (TPSA) is 58.6 Å². The molecule has 0 spiro atoms. The van der Waals surface area contributed by atoms with E-state index in [4.69, 9.17) is 4.74 Å². The van der Waals surface area contributed by atoms with Gasteiger partial charge in [-0.25, -0.2) is 0 Å². The Hall–Kier alpha value is -3.03. The Bertz CT molecular complexity index is 805. The predicted molar refractivity (Wildman–Crippen MR) is 94.8 cm³/mol. The second-order valence-corrected chi connectivity index (χ2v) is 5.70. The molecule has 0 aromatic heterocycles. The standard InChI is InChI=1S/C19H19F3N2O3/c1-13(25)24(16-4-3-5-17(12-16)27-2)11-10-23-18(26)14-6-8-15(9-7-14)19(20,21)22/h3-9,12H,10-11H2,1-2H3,(H,23,26). The van der Waals surface area contributed by atoms with Gasteiger partial charge in [-0.3, -0.25) is 9.59 Å². The van der Waals surface area contributed by atoms with Crippen molar-refractivity contribution in [2.24, 2.45) is 0 Å². The maximum atomic E-state index is 12.6. The number of nitrogens with zero attached hydrogens (tertiary/aromatic N) is 1. The number of alkyl halides is 3. The largest absolute Gasteiger partial charge is 0.497 e. The predicted octanol–water partition coefficient (Wildman–Crippen LogP) is 3.50. The van der Waals surface area contributed by atoms with Crippen LogP contribution < -0.4 is 15.0 Å². The second kappa shape index (κ2) is 8.57. The van der Waals surface area contributed by atoms with Crippen LogP contribution in [0.25, 0.3) is 0 Å². The fourth-order valence-corrected chi connectivity index (χ4v) is 2.44. The number of nitrogens with one attached hydrogen (secondary N) is 1. The van der Waals surface area contributed by atoms with Gasteiger partial charge < -0.3 is 15.0 Å². The van der Waals surface area contributed by atoms with Gasteiger partial charge in [0.2, 0.25) is 5.91 Å². The lowest BCUT2D eigenvalue weighted by molar-refractivity contribution is -0.137. The average molecular weight is 380 g/mol. The first-order valence-electron chi connectivity index (χ1n) is 8.10. The van der Waals surface area contributed by atoms with E-state index in [2.05, 4.69) is 5.32 Å². The number of carbonyl (C=O) groups is 2. The van der Waals surface area contributed by atoms with Crippen LogP contribution in [0.15, 0.2) is 48.5 Å². The molecule has 0 saturated carbocycles. The van der Waals surface area contributed by atoms with E-state index in [0.717, 1.165) is 24.3 Å². The van der Waals surface area contributed by atoms with Crippen molar-refractivity contribution in [3.8, 4) is 5.75 Å². The molecule has 0 aliphatic heterocycles. The van der Waals surface area contributed by atoms with Gasteiger partial charge >= 0.3 is 6.18 Å². The second-order valence-electron chi connectivity index (χ2n) is 5.70. The lowest BCUT2D eigenvalue weighted by Gasteiger charge is -2.22. The third-order valence-electron chi connectivity index (χ3n) is 3.84. The SMILES string of the molecule is COc1cccc(N(CCNC(=O)c2ccc(C(F)(F)F)cc2)C(C)=O)c1. The maximum Gasteiger partial charge on any atom is 0.416 e. The van der Waals surface area contributed by atoms with Gasteiger partial charge in [-0.05, 0) is 36.4 Å². The molecule has 1 N–H and O–H groups in total. The number of amides is 2. The molecule has 27 heavy (non-hydrogen) atoms. The van der Waals surface area contributed by atoms with Crippen LogP contribution in [0.2, 0.25) is 0 Å². The van der Waals surface area contributed by atoms with Gasteiger partial charge in [-0.1, -0.05) is 6.07 Å². The first-order valence-corrected chi connectivity index (χ1v) is 8.10. The highest BCUT2D eigenvalue weighted by Gasteiger charge is 2.30. The zero-order valence-corrected chi connectivity index (χ0v) is 14.8. The van der Waals surface area contributed by atoms with Crippen molar-refractivity contribution in [3.05, 3.63) is 59.7 Å². The lowest BCUT2D eigenvalue weighted by Crippen LogP contribution is -2.37. The molecule has 0 atom stereocenters. The Morgan fingerprint density at radius 3 is 2.33 bits per heavy atom. The summed E-state index contributed by atoms with van der Waals surface area (Å²) >= 11 is 0. The Kier molecular flexibility index (Phi) is 6.44. The van der Waals surface area contributed by atoms with E-state index in [1.165, 1.54) is 18.9 Å². The zero-order chi connectivity index (χ0) is 20.0. The summed E-state index contributed by atoms with van der Waals surface area (Å²) in [5.41, 5.74) is -0.0933. The van der Waals surface area contributed by atoms with Crippen LogP contribution in [-0.2, 0) is 11.0 Å². The first kappa shape index (κ1) is 20.3. The smallest absolute Gasteiger partial charge is 0.416 e. The van der Waals surface area contributed by atoms with Gasteiger partial charge in [0.05, 0.1) is 12.7 Å². The van der Waals surface area contributed by atoms with E-state index < -0.39 is 17.6 Å². The summed E-state index contributed by atoms with van der Waals surface area (Å²) in [6, 6.07) is 10.9. The molecule has 0 fully saturated rings. The Morgan fingerprint density at radius 1 is 1.11 bits per heavy atom. The summed E-state index contributed by atoms with van der Waals surface area (Å²) in [6.45, 7) is 1.74. The monoisotopic (exact) mass is 380 g/mol. The number of rotatable bonds is 6. The zero-order valence-electron chi connectivity index (χ0n) is 14.8. The number of halogens is 3. The molecule has 0 bridgehead atoms. The minimum Gasteiger partial charge on any atom is -0.497 e. The first-order chi connectivity index (χ1) is 12.7. The molecule has 2 aromatic rings. The van der Waals surface area contributed by atoms with Crippen molar-refractivity contribution >= 4 is 17.5 Å². The Morgan fingerprint density at radius 2 is 1.78 bits per heavy atom. The molecule has 0 unspecified atom stereocenters. The van der Waals surface area contributed by atoms with Gasteiger partial charge in [0.1, 0.15) is 5.75 Å². The summed E-state index contributed by atoms with van der Waals surface area (Å²) in [5, 5.41) is 2.60. The van der Waals surface area contributed by atoms with Gasteiger partial charge in [-0.15, -0.1) is 0 Å². The molecule has 0 saturated heterocycles. The maximum absolute atomic E-state index is 12.6. The quantitative estimate of drug-likeness (QED) is 0.835. The van der Waals surface area contributed by atoms with Gasteiger partial charge in [-0.2, -0.15) is 13.2 Å². The minimum atomic E-state index is -4.45. The highest BCUT2D eigenvalue weighted by atomic mass is 19.4. The van der Waals surface area contributed by atoms with Gasteiger partial charge in [0.25, 0.3) is 5.91 Å². The van der Waals surface area contributed by atoms with Crippen LogP contribution in [0.5, 0.6) is 5.75 Å². The summed E-state index contributed by atoms with van der Waals surface area (Å²) < 4.78 is 42.8. The lowest BCUT2D eigenvalue weighted by atomic mass is 10.1. The molecule has 0 heterocycles. The van der Waals surface area contributed by atoms with Crippen LogP contribution >= 0.6 is 0 Å². The number of carbonyl (C=O) groups excluding carboxylic acids is 2. The van der Waals surface area contributed by atoms with Crippen LogP contribution in [0.4, 0.5) is 18.9 Å². The Balaban J connectivity index is 1.98. The van der Waals surface area contributed by atoms with Crippen LogP contribution in [-0.4, -0.2) is 32.0 Å². The normalized spacial score (nSPS) is 11.0. The molecule has 2 rings (SSSR count). The summed E-state index contributed by atoms with van der Waals surface area (Å²) in [5.74, 6) is -0.141. The number of benzene rings is 2. The van der Waals surface area contributed by atoms with Crippen molar-refractivity contribution in [3.63, 3.8) is 0 Å². The Labute approximate surface area is 154 Å². The number of hydrogen-bond donors (Lipinski definition) is 1. The molecule has 0 radical (unpaired) electrons. The number of ether oxygens (including phenoxy) is 1. The summed E-state index contributed by atoms with van der Waals surface area (Å²) in [6.07, 6.45) is -4.45. The van der Waals surface area contributed by atoms with Crippen molar-refractivity contribution in [2.45, 2.75) is 13.1 Å². The highest BCUT2D eigenvalue weighted by molar-refractivity contribution is 5.94. The van der Waals surface area contributed by atoms with E-state index in [1.807, 2.05) is 0 Å². The van der Waals surface area contributed by atoms with E-state index in [0.29, 0.717) is 11.4 Å². The van der Waals surface area contributed by atoms with E-state index in [9.17, 15) is 22.8 Å². The van der Waals surface area contributed by atoms with Gasteiger partial charge in [0.15, 0.2) is 0 Å². The van der Waals surface area contributed by atoms with Crippen molar-refractivity contribution in [1.82, 2.24) is 5.32 Å². The third-order valence-corrected chi connectivity index (χ3v) is 3.84. The molecular weight excluding hydrogens is 361 g/mol. The molecule has 2 aromatic carbocycles. The fraction of sp³-hybridized carbons (Fsp3) is 0.263. The molecule has 2 amide bonds. The molecule has 0 aliphatic carbocycles. The molecule has 8 heteroatoms. The van der Waals surface area contributed by atoms with Crippen LogP contribution in [0.1, 0.15) is 22.8 Å². The summed E-state index contributed by atoms with van der Waals surface area (Å²) in [4.78, 5) is 25.4.